The normalized spacial score (nSPS) is 24.6. The van der Waals surface area contributed by atoms with Gasteiger partial charge in [-0.2, -0.15) is 0 Å². The van der Waals surface area contributed by atoms with E-state index < -0.39 is 0 Å². The minimum atomic E-state index is 0.0362. The Morgan fingerprint density at radius 3 is 3.08 bits per heavy atom. The molecule has 2 aliphatic heterocycles. The predicted molar refractivity (Wildman–Crippen MR) is 87.4 cm³/mol. The molecule has 0 saturated carbocycles. The Labute approximate surface area is 141 Å². The number of fused-ring (bicyclic) bond motifs is 1. The number of aromatic nitrogens is 1. The summed E-state index contributed by atoms with van der Waals surface area (Å²) in [5, 5.41) is 0. The van der Waals surface area contributed by atoms with Gasteiger partial charge in [0.05, 0.1) is 30.6 Å². The van der Waals surface area contributed by atoms with E-state index in [4.69, 9.17) is 9.15 Å². The lowest BCUT2D eigenvalue weighted by molar-refractivity contribution is -0.101. The molecule has 24 heavy (non-hydrogen) atoms. The summed E-state index contributed by atoms with van der Waals surface area (Å²) in [7, 11) is 0. The highest BCUT2D eigenvalue weighted by atomic mass is 16.5. The van der Waals surface area contributed by atoms with Crippen LogP contribution in [0.3, 0.4) is 0 Å². The van der Waals surface area contributed by atoms with Crippen molar-refractivity contribution in [1.29, 1.82) is 0 Å². The number of rotatable bonds is 3. The van der Waals surface area contributed by atoms with Crippen molar-refractivity contribution >= 4 is 5.91 Å². The molecular formula is C18H21N3O3. The fourth-order valence-electron chi connectivity index (χ4n) is 3.62. The van der Waals surface area contributed by atoms with Gasteiger partial charge in [-0.05, 0) is 24.1 Å². The van der Waals surface area contributed by atoms with Crippen LogP contribution in [0.25, 0.3) is 0 Å². The lowest BCUT2D eigenvalue weighted by atomic mass is 9.97. The lowest BCUT2D eigenvalue weighted by Crippen LogP contribution is -2.60. The van der Waals surface area contributed by atoms with E-state index in [1.807, 2.05) is 17.2 Å². The summed E-state index contributed by atoms with van der Waals surface area (Å²) in [6, 6.07) is 6.00. The third-order valence-corrected chi connectivity index (χ3v) is 4.86. The first-order chi connectivity index (χ1) is 11.8. The number of carbonyl (C=O) groups excluding carboxylic acids is 1. The van der Waals surface area contributed by atoms with Crippen molar-refractivity contribution in [3.8, 4) is 0 Å². The zero-order valence-electron chi connectivity index (χ0n) is 13.5. The number of hydrogen-bond acceptors (Lipinski definition) is 5. The summed E-state index contributed by atoms with van der Waals surface area (Å²) < 4.78 is 11.0. The van der Waals surface area contributed by atoms with Crippen LogP contribution in [0.15, 0.2) is 47.5 Å². The third kappa shape index (κ3) is 3.07. The first kappa shape index (κ1) is 15.4. The summed E-state index contributed by atoms with van der Waals surface area (Å²) in [6.45, 7) is 3.88. The van der Waals surface area contributed by atoms with Crippen LogP contribution in [0.2, 0.25) is 0 Å². The fraction of sp³-hybridized carbons (Fsp3) is 0.444. The van der Waals surface area contributed by atoms with E-state index in [-0.39, 0.29) is 18.1 Å². The maximum Gasteiger partial charge on any atom is 0.257 e. The summed E-state index contributed by atoms with van der Waals surface area (Å²) >= 11 is 0. The number of likely N-dealkylation sites (tertiary alicyclic amines) is 1. The second-order valence-corrected chi connectivity index (χ2v) is 6.36. The first-order valence-corrected chi connectivity index (χ1v) is 8.37. The van der Waals surface area contributed by atoms with Gasteiger partial charge in [0, 0.05) is 38.6 Å². The molecule has 4 rings (SSSR count). The van der Waals surface area contributed by atoms with Gasteiger partial charge in [0.1, 0.15) is 6.26 Å². The molecule has 2 aromatic rings. The Morgan fingerprint density at radius 1 is 1.33 bits per heavy atom. The molecule has 0 spiro atoms. The van der Waals surface area contributed by atoms with E-state index in [9.17, 15) is 4.79 Å². The molecule has 0 aliphatic carbocycles. The Morgan fingerprint density at radius 2 is 2.29 bits per heavy atom. The molecule has 6 heteroatoms. The van der Waals surface area contributed by atoms with Gasteiger partial charge < -0.3 is 14.1 Å². The molecule has 126 valence electrons. The van der Waals surface area contributed by atoms with Crippen molar-refractivity contribution < 1.29 is 13.9 Å². The summed E-state index contributed by atoms with van der Waals surface area (Å²) in [6.07, 6.45) is 7.82. The molecule has 2 atom stereocenters. The molecule has 2 fully saturated rings. The number of morpholine rings is 1. The average Bonchev–Trinajstić information content (AvgIpc) is 3.17. The summed E-state index contributed by atoms with van der Waals surface area (Å²) in [5.41, 5.74) is 1.81. The second kappa shape index (κ2) is 6.75. The second-order valence-electron chi connectivity index (χ2n) is 6.36. The van der Waals surface area contributed by atoms with Crippen molar-refractivity contribution in [2.45, 2.75) is 25.1 Å². The van der Waals surface area contributed by atoms with Gasteiger partial charge in [-0.15, -0.1) is 0 Å². The number of furan rings is 1. The van der Waals surface area contributed by atoms with E-state index in [0.29, 0.717) is 12.1 Å². The quantitative estimate of drug-likeness (QED) is 0.860. The average molecular weight is 327 g/mol. The molecule has 6 nitrogen and oxygen atoms in total. The van der Waals surface area contributed by atoms with Crippen molar-refractivity contribution in [2.75, 3.05) is 26.2 Å². The monoisotopic (exact) mass is 327 g/mol. The van der Waals surface area contributed by atoms with Crippen LogP contribution < -0.4 is 0 Å². The van der Waals surface area contributed by atoms with E-state index in [1.165, 1.54) is 11.8 Å². The molecule has 0 unspecified atom stereocenters. The number of nitrogens with zero attached hydrogens (tertiary/aromatic N) is 3. The highest BCUT2D eigenvalue weighted by Gasteiger charge is 2.38. The molecule has 0 bridgehead atoms. The Hall–Kier alpha value is -2.18. The van der Waals surface area contributed by atoms with Gasteiger partial charge in [0.25, 0.3) is 5.91 Å². The zero-order valence-corrected chi connectivity index (χ0v) is 13.5. The minimum Gasteiger partial charge on any atom is -0.472 e. The van der Waals surface area contributed by atoms with E-state index in [2.05, 4.69) is 16.0 Å². The third-order valence-electron chi connectivity index (χ3n) is 4.86. The van der Waals surface area contributed by atoms with Crippen LogP contribution in [-0.2, 0) is 11.3 Å². The molecule has 0 aromatic carbocycles. The fourth-order valence-corrected chi connectivity index (χ4v) is 3.62. The number of carbonyl (C=O) groups is 1. The van der Waals surface area contributed by atoms with Crippen molar-refractivity contribution in [3.63, 3.8) is 0 Å². The van der Waals surface area contributed by atoms with Gasteiger partial charge in [-0.3, -0.25) is 14.7 Å². The predicted octanol–water partition coefficient (Wildman–Crippen LogP) is 1.79. The molecule has 4 heterocycles. The number of hydrogen-bond donors (Lipinski definition) is 0. The minimum absolute atomic E-state index is 0.0362. The number of ether oxygens (including phenoxy) is 1. The van der Waals surface area contributed by atoms with Crippen LogP contribution in [-0.4, -0.2) is 59.1 Å². The summed E-state index contributed by atoms with van der Waals surface area (Å²) in [4.78, 5) is 21.1. The lowest BCUT2D eigenvalue weighted by Gasteiger charge is -2.47. The zero-order chi connectivity index (χ0) is 16.4. The van der Waals surface area contributed by atoms with Crippen molar-refractivity contribution in [1.82, 2.24) is 14.8 Å². The van der Waals surface area contributed by atoms with Gasteiger partial charge in [0.15, 0.2) is 0 Å². The van der Waals surface area contributed by atoms with Crippen molar-refractivity contribution in [3.05, 3.63) is 54.2 Å². The molecule has 2 aliphatic rings. The van der Waals surface area contributed by atoms with Gasteiger partial charge in [0.2, 0.25) is 0 Å². The largest absolute Gasteiger partial charge is 0.472 e. The van der Waals surface area contributed by atoms with E-state index >= 15 is 0 Å². The summed E-state index contributed by atoms with van der Waals surface area (Å²) in [5.74, 6) is 0.0362. The van der Waals surface area contributed by atoms with Crippen molar-refractivity contribution in [2.24, 2.45) is 0 Å². The topological polar surface area (TPSA) is 58.8 Å². The molecule has 2 saturated heterocycles. The van der Waals surface area contributed by atoms with E-state index in [0.717, 1.165) is 32.7 Å². The van der Waals surface area contributed by atoms with Crippen LogP contribution >= 0.6 is 0 Å². The van der Waals surface area contributed by atoms with Gasteiger partial charge in [-0.25, -0.2) is 0 Å². The maximum absolute atomic E-state index is 12.6. The number of amides is 1. The Kier molecular flexibility index (Phi) is 4.32. The van der Waals surface area contributed by atoms with Crippen LogP contribution in [0.4, 0.5) is 0 Å². The molecule has 2 aromatic heterocycles. The standard InChI is InChI=1S/C18H21N3O3/c22-18(15-4-8-23-13-15)21-6-3-17-16(12-21)20(7-9-24-17)11-14-2-1-5-19-10-14/h1-2,4-5,8,10,13,16-17H,3,6-7,9,11-12H2/t16-,17-/m1/s1. The van der Waals surface area contributed by atoms with Gasteiger partial charge >= 0.3 is 0 Å². The highest BCUT2D eigenvalue weighted by molar-refractivity contribution is 5.93. The molecular weight excluding hydrogens is 306 g/mol. The number of pyridine rings is 1. The SMILES string of the molecule is O=C(c1ccoc1)N1CC[C@H]2OCCN(Cc3cccnc3)[C@@H]2C1. The molecule has 0 radical (unpaired) electrons. The highest BCUT2D eigenvalue weighted by Crippen LogP contribution is 2.25. The maximum atomic E-state index is 12.6. The Bertz CT molecular complexity index is 674. The van der Waals surface area contributed by atoms with Crippen LogP contribution in [0, 0.1) is 0 Å². The number of piperidine rings is 1. The molecule has 1 amide bonds. The van der Waals surface area contributed by atoms with E-state index in [1.54, 1.807) is 18.5 Å². The van der Waals surface area contributed by atoms with Gasteiger partial charge in [-0.1, -0.05) is 6.07 Å². The van der Waals surface area contributed by atoms with Crippen LogP contribution in [0.5, 0.6) is 0 Å². The first-order valence-electron chi connectivity index (χ1n) is 8.37. The smallest absolute Gasteiger partial charge is 0.257 e. The Balaban J connectivity index is 1.48. The molecule has 0 N–H and O–H groups in total. The van der Waals surface area contributed by atoms with Crippen LogP contribution in [0.1, 0.15) is 22.3 Å².